The predicted octanol–water partition coefficient (Wildman–Crippen LogP) is 2.98. The first kappa shape index (κ1) is 10.8. The lowest BCUT2D eigenvalue weighted by Crippen LogP contribution is -2.26. The molecule has 1 N–H and O–H groups in total. The van der Waals surface area contributed by atoms with E-state index in [-0.39, 0.29) is 0 Å². The van der Waals surface area contributed by atoms with Crippen molar-refractivity contribution in [3.8, 4) is 0 Å². The molecule has 0 aromatic carbocycles. The van der Waals surface area contributed by atoms with Crippen molar-refractivity contribution in [1.82, 2.24) is 5.32 Å². The summed E-state index contributed by atoms with van der Waals surface area (Å²) in [6.07, 6.45) is 5.32. The van der Waals surface area contributed by atoms with Crippen LogP contribution in [0.25, 0.3) is 0 Å². The van der Waals surface area contributed by atoms with Gasteiger partial charge in [0.25, 0.3) is 0 Å². The van der Waals surface area contributed by atoms with E-state index in [0.29, 0.717) is 12.0 Å². The van der Waals surface area contributed by atoms with Crippen LogP contribution < -0.4 is 5.32 Å². The van der Waals surface area contributed by atoms with Gasteiger partial charge < -0.3 is 5.32 Å². The summed E-state index contributed by atoms with van der Waals surface area (Å²) in [5.74, 6) is 1.61. The van der Waals surface area contributed by atoms with Crippen LogP contribution in [0.1, 0.15) is 40.5 Å². The molecule has 0 radical (unpaired) electrons. The van der Waals surface area contributed by atoms with Gasteiger partial charge in [0.15, 0.2) is 0 Å². The molecule has 1 nitrogen and oxygen atoms in total. The monoisotopic (exact) mass is 181 g/mol. The fraction of sp³-hybridized carbons (Fsp3) is 0.833. The SMILES string of the molecule is CC(C)NCC(=CC1CC1)C(C)C. The molecule has 1 rings (SSSR count). The Kier molecular flexibility index (Phi) is 3.98. The van der Waals surface area contributed by atoms with Crippen LogP contribution in [0.15, 0.2) is 11.6 Å². The molecular formula is C12H23N. The molecule has 0 aromatic heterocycles. The van der Waals surface area contributed by atoms with Crippen molar-refractivity contribution in [2.24, 2.45) is 11.8 Å². The highest BCUT2D eigenvalue weighted by Crippen LogP contribution is 2.32. The summed E-state index contributed by atoms with van der Waals surface area (Å²) in [7, 11) is 0. The smallest absolute Gasteiger partial charge is 0.0169 e. The Morgan fingerprint density at radius 1 is 1.31 bits per heavy atom. The van der Waals surface area contributed by atoms with Crippen molar-refractivity contribution >= 4 is 0 Å². The molecule has 0 amide bonds. The Hall–Kier alpha value is -0.300. The molecule has 13 heavy (non-hydrogen) atoms. The minimum atomic E-state index is 0.598. The second-order valence-electron chi connectivity index (χ2n) is 4.77. The zero-order valence-electron chi connectivity index (χ0n) is 9.43. The van der Waals surface area contributed by atoms with Gasteiger partial charge in [-0.05, 0) is 24.7 Å². The van der Waals surface area contributed by atoms with Gasteiger partial charge in [-0.2, -0.15) is 0 Å². The van der Waals surface area contributed by atoms with E-state index in [2.05, 4.69) is 39.1 Å². The lowest BCUT2D eigenvalue weighted by Gasteiger charge is -2.14. The number of allylic oxidation sites excluding steroid dienone is 1. The molecular weight excluding hydrogens is 158 g/mol. The van der Waals surface area contributed by atoms with Gasteiger partial charge in [0.1, 0.15) is 0 Å². The average Bonchev–Trinajstić information content (AvgIpc) is 2.80. The summed E-state index contributed by atoms with van der Waals surface area (Å²) in [6, 6.07) is 0.598. The van der Waals surface area contributed by atoms with Crippen molar-refractivity contribution in [2.75, 3.05) is 6.54 Å². The van der Waals surface area contributed by atoms with Gasteiger partial charge >= 0.3 is 0 Å². The maximum Gasteiger partial charge on any atom is 0.0169 e. The van der Waals surface area contributed by atoms with Crippen LogP contribution in [0.5, 0.6) is 0 Å². The van der Waals surface area contributed by atoms with Gasteiger partial charge in [0, 0.05) is 12.6 Å². The van der Waals surface area contributed by atoms with Gasteiger partial charge in [-0.3, -0.25) is 0 Å². The summed E-state index contributed by atoms with van der Waals surface area (Å²) < 4.78 is 0. The van der Waals surface area contributed by atoms with E-state index in [0.717, 1.165) is 12.5 Å². The molecule has 76 valence electrons. The van der Waals surface area contributed by atoms with Crippen molar-refractivity contribution in [2.45, 2.75) is 46.6 Å². The van der Waals surface area contributed by atoms with E-state index >= 15 is 0 Å². The number of hydrogen-bond donors (Lipinski definition) is 1. The van der Waals surface area contributed by atoms with Crippen LogP contribution in [-0.2, 0) is 0 Å². The van der Waals surface area contributed by atoms with Crippen LogP contribution in [-0.4, -0.2) is 12.6 Å². The van der Waals surface area contributed by atoms with Crippen molar-refractivity contribution in [1.29, 1.82) is 0 Å². The van der Waals surface area contributed by atoms with Gasteiger partial charge in [0.05, 0.1) is 0 Å². The Bertz CT molecular complexity index is 176. The Balaban J connectivity index is 2.37. The second kappa shape index (κ2) is 4.80. The minimum Gasteiger partial charge on any atom is -0.311 e. The first-order chi connectivity index (χ1) is 6.09. The number of rotatable bonds is 5. The standard InChI is InChI=1S/C12H23N/c1-9(2)12(7-11-5-6-11)8-13-10(3)4/h7,9-11,13H,5-6,8H2,1-4H3. The quantitative estimate of drug-likeness (QED) is 0.643. The molecule has 0 heterocycles. The van der Waals surface area contributed by atoms with Gasteiger partial charge in [0.2, 0.25) is 0 Å². The summed E-state index contributed by atoms with van der Waals surface area (Å²) in [5.41, 5.74) is 1.59. The molecule has 0 aliphatic heterocycles. The van der Waals surface area contributed by atoms with Crippen molar-refractivity contribution in [3.05, 3.63) is 11.6 Å². The third-order valence-corrected chi connectivity index (χ3v) is 2.53. The van der Waals surface area contributed by atoms with Gasteiger partial charge in [-0.1, -0.05) is 39.3 Å². The molecule has 1 heteroatoms. The van der Waals surface area contributed by atoms with Gasteiger partial charge in [-0.15, -0.1) is 0 Å². The zero-order chi connectivity index (χ0) is 9.84. The van der Waals surface area contributed by atoms with E-state index < -0.39 is 0 Å². The third kappa shape index (κ3) is 4.47. The molecule has 0 unspecified atom stereocenters. The fourth-order valence-corrected chi connectivity index (χ4v) is 1.34. The van der Waals surface area contributed by atoms with Gasteiger partial charge in [-0.25, -0.2) is 0 Å². The van der Waals surface area contributed by atoms with E-state index in [1.807, 2.05) is 0 Å². The number of nitrogens with one attached hydrogen (secondary N) is 1. The van der Waals surface area contributed by atoms with Crippen molar-refractivity contribution < 1.29 is 0 Å². The van der Waals surface area contributed by atoms with E-state index in [4.69, 9.17) is 0 Å². The normalized spacial score (nSPS) is 18.8. The largest absolute Gasteiger partial charge is 0.311 e. The summed E-state index contributed by atoms with van der Waals surface area (Å²) in [5, 5.41) is 3.49. The minimum absolute atomic E-state index is 0.598. The third-order valence-electron chi connectivity index (χ3n) is 2.53. The van der Waals surface area contributed by atoms with E-state index in [9.17, 15) is 0 Å². The molecule has 0 aromatic rings. The first-order valence-corrected chi connectivity index (χ1v) is 5.53. The Labute approximate surface area is 82.6 Å². The zero-order valence-corrected chi connectivity index (χ0v) is 9.43. The van der Waals surface area contributed by atoms with Crippen LogP contribution in [0.3, 0.4) is 0 Å². The summed E-state index contributed by atoms with van der Waals surface area (Å²) in [6.45, 7) is 10.1. The van der Waals surface area contributed by atoms with E-state index in [1.54, 1.807) is 5.57 Å². The second-order valence-corrected chi connectivity index (χ2v) is 4.77. The highest BCUT2D eigenvalue weighted by Gasteiger charge is 2.19. The molecule has 0 atom stereocenters. The Morgan fingerprint density at radius 2 is 1.92 bits per heavy atom. The molecule has 0 spiro atoms. The molecule has 1 aliphatic carbocycles. The summed E-state index contributed by atoms with van der Waals surface area (Å²) in [4.78, 5) is 0. The maximum atomic E-state index is 3.49. The molecule has 1 saturated carbocycles. The topological polar surface area (TPSA) is 12.0 Å². The van der Waals surface area contributed by atoms with Crippen LogP contribution in [0.2, 0.25) is 0 Å². The lowest BCUT2D eigenvalue weighted by molar-refractivity contribution is 0.587. The molecule has 1 aliphatic rings. The highest BCUT2D eigenvalue weighted by molar-refractivity contribution is 5.12. The van der Waals surface area contributed by atoms with E-state index in [1.165, 1.54) is 12.8 Å². The number of hydrogen-bond acceptors (Lipinski definition) is 1. The van der Waals surface area contributed by atoms with Crippen LogP contribution in [0, 0.1) is 11.8 Å². The van der Waals surface area contributed by atoms with Crippen LogP contribution >= 0.6 is 0 Å². The van der Waals surface area contributed by atoms with Crippen molar-refractivity contribution in [3.63, 3.8) is 0 Å². The maximum absolute atomic E-state index is 3.49. The molecule has 1 fully saturated rings. The Morgan fingerprint density at radius 3 is 2.31 bits per heavy atom. The average molecular weight is 181 g/mol. The molecule has 0 bridgehead atoms. The predicted molar refractivity (Wildman–Crippen MR) is 58.8 cm³/mol. The highest BCUT2D eigenvalue weighted by atomic mass is 14.9. The summed E-state index contributed by atoms with van der Waals surface area (Å²) >= 11 is 0. The molecule has 0 saturated heterocycles. The lowest BCUT2D eigenvalue weighted by atomic mass is 10.0. The first-order valence-electron chi connectivity index (χ1n) is 5.53. The van der Waals surface area contributed by atoms with Crippen LogP contribution in [0.4, 0.5) is 0 Å². The fourth-order valence-electron chi connectivity index (χ4n) is 1.34.